The van der Waals surface area contributed by atoms with E-state index in [0.717, 1.165) is 44.6 Å². The normalized spacial score (nSPS) is 17.8. The van der Waals surface area contributed by atoms with Gasteiger partial charge in [-0.15, -0.1) is 0 Å². The number of piperidine rings is 1. The summed E-state index contributed by atoms with van der Waals surface area (Å²) in [5.41, 5.74) is 2.01. The summed E-state index contributed by atoms with van der Waals surface area (Å²) in [7, 11) is 0. The largest absolute Gasteiger partial charge is 0.396 e. The van der Waals surface area contributed by atoms with E-state index in [1.54, 1.807) is 0 Å². The Labute approximate surface area is 140 Å². The van der Waals surface area contributed by atoms with E-state index in [-0.39, 0.29) is 0 Å². The lowest BCUT2D eigenvalue weighted by molar-refractivity contribution is 0.183. The molecule has 1 atom stereocenters. The second-order valence-corrected chi connectivity index (χ2v) is 6.55. The zero-order valence-electron chi connectivity index (χ0n) is 14.2. The summed E-state index contributed by atoms with van der Waals surface area (Å²) < 4.78 is 0. The van der Waals surface area contributed by atoms with Gasteiger partial charge >= 0.3 is 0 Å². The van der Waals surface area contributed by atoms with E-state index in [4.69, 9.17) is 10.4 Å². The molecule has 0 spiro atoms. The molecule has 1 fully saturated rings. The Morgan fingerprint density at radius 3 is 2.57 bits per heavy atom. The molecule has 1 unspecified atom stereocenters. The molecule has 0 amide bonds. The molecule has 126 valence electrons. The van der Waals surface area contributed by atoms with Crippen LogP contribution in [-0.4, -0.2) is 42.3 Å². The third kappa shape index (κ3) is 5.95. The summed E-state index contributed by atoms with van der Waals surface area (Å²) in [6.07, 6.45) is 4.41. The lowest BCUT2D eigenvalue weighted by Crippen LogP contribution is -2.43. The fourth-order valence-electron chi connectivity index (χ4n) is 3.20. The smallest absolute Gasteiger partial charge is 0.0991 e. The molecule has 2 rings (SSSR count). The predicted octanol–water partition coefficient (Wildman–Crippen LogP) is 2.52. The van der Waals surface area contributed by atoms with Gasteiger partial charge in [-0.2, -0.15) is 5.26 Å². The first-order valence-electron chi connectivity index (χ1n) is 8.80. The molecule has 0 aliphatic carbocycles. The van der Waals surface area contributed by atoms with Crippen LogP contribution >= 0.6 is 0 Å². The van der Waals surface area contributed by atoms with Crippen molar-refractivity contribution in [2.75, 3.05) is 26.2 Å². The van der Waals surface area contributed by atoms with Gasteiger partial charge in [0.1, 0.15) is 0 Å². The molecule has 1 aliphatic heterocycles. The van der Waals surface area contributed by atoms with Gasteiger partial charge in [0.15, 0.2) is 0 Å². The summed E-state index contributed by atoms with van der Waals surface area (Å²) in [4.78, 5) is 2.49. The minimum Gasteiger partial charge on any atom is -0.396 e. The lowest BCUT2D eigenvalue weighted by Gasteiger charge is -2.33. The van der Waals surface area contributed by atoms with Crippen molar-refractivity contribution in [3.05, 3.63) is 35.4 Å². The topological polar surface area (TPSA) is 59.3 Å². The Morgan fingerprint density at radius 1 is 1.30 bits per heavy atom. The molecule has 1 aromatic carbocycles. The van der Waals surface area contributed by atoms with E-state index in [0.29, 0.717) is 18.6 Å². The first-order chi connectivity index (χ1) is 11.2. The molecule has 2 N–H and O–H groups in total. The first kappa shape index (κ1) is 17.9. The summed E-state index contributed by atoms with van der Waals surface area (Å²) in [6, 6.07) is 10.7. The lowest BCUT2D eigenvalue weighted by atomic mass is 10.00. The van der Waals surface area contributed by atoms with E-state index >= 15 is 0 Å². The highest BCUT2D eigenvalue weighted by atomic mass is 16.3. The van der Waals surface area contributed by atoms with Gasteiger partial charge in [0.05, 0.1) is 11.6 Å². The fourth-order valence-corrected chi connectivity index (χ4v) is 3.20. The van der Waals surface area contributed by atoms with Gasteiger partial charge in [0, 0.05) is 19.2 Å². The van der Waals surface area contributed by atoms with Crippen molar-refractivity contribution < 1.29 is 5.11 Å². The molecule has 0 radical (unpaired) electrons. The van der Waals surface area contributed by atoms with E-state index in [2.05, 4.69) is 35.3 Å². The number of nitrogens with one attached hydrogen (secondary N) is 1. The molecule has 0 aromatic heterocycles. The third-order valence-corrected chi connectivity index (χ3v) is 4.89. The maximum Gasteiger partial charge on any atom is 0.0991 e. The molecule has 4 heteroatoms. The summed E-state index contributed by atoms with van der Waals surface area (Å²) >= 11 is 0. The van der Waals surface area contributed by atoms with Crippen molar-refractivity contribution in [2.45, 2.75) is 45.2 Å². The average molecular weight is 315 g/mol. The van der Waals surface area contributed by atoms with Gasteiger partial charge in [0.25, 0.3) is 0 Å². The van der Waals surface area contributed by atoms with Crippen LogP contribution in [-0.2, 0) is 6.54 Å². The van der Waals surface area contributed by atoms with Crippen LogP contribution in [0, 0.1) is 17.2 Å². The predicted molar refractivity (Wildman–Crippen MR) is 92.9 cm³/mol. The molecular weight excluding hydrogens is 286 g/mol. The Kier molecular flexibility index (Phi) is 7.54. The Balaban J connectivity index is 1.70. The number of likely N-dealkylation sites (tertiary alicyclic amines) is 1. The molecule has 0 bridgehead atoms. The molecule has 4 nitrogen and oxygen atoms in total. The molecule has 1 saturated heterocycles. The zero-order valence-corrected chi connectivity index (χ0v) is 14.2. The quantitative estimate of drug-likeness (QED) is 0.774. The van der Waals surface area contributed by atoms with Gasteiger partial charge in [0.2, 0.25) is 0 Å². The molecule has 1 aliphatic rings. The van der Waals surface area contributed by atoms with Crippen molar-refractivity contribution in [3.63, 3.8) is 0 Å². The average Bonchev–Trinajstić information content (AvgIpc) is 2.60. The minimum absolute atomic E-state index is 0.295. The van der Waals surface area contributed by atoms with Crippen molar-refractivity contribution in [1.82, 2.24) is 10.2 Å². The second kappa shape index (κ2) is 9.67. The van der Waals surface area contributed by atoms with E-state index in [9.17, 15) is 0 Å². The fraction of sp³-hybridized carbons (Fsp3) is 0.632. The maximum absolute atomic E-state index is 9.06. The van der Waals surface area contributed by atoms with Crippen LogP contribution in [0.25, 0.3) is 0 Å². The van der Waals surface area contributed by atoms with Crippen LogP contribution in [0.2, 0.25) is 0 Å². The summed E-state index contributed by atoms with van der Waals surface area (Å²) in [5, 5.41) is 21.6. The Hall–Kier alpha value is -1.41. The molecule has 0 saturated carbocycles. The van der Waals surface area contributed by atoms with Crippen LogP contribution in [0.1, 0.15) is 43.7 Å². The Bertz CT molecular complexity index is 486. The van der Waals surface area contributed by atoms with Gasteiger partial charge in [-0.3, -0.25) is 4.90 Å². The number of aliphatic hydroxyl groups is 1. The van der Waals surface area contributed by atoms with Crippen molar-refractivity contribution >= 4 is 0 Å². The highest BCUT2D eigenvalue weighted by Crippen LogP contribution is 2.15. The number of hydrogen-bond donors (Lipinski definition) is 2. The maximum atomic E-state index is 9.06. The summed E-state index contributed by atoms with van der Waals surface area (Å²) in [6.45, 7) is 6.73. The molecule has 23 heavy (non-hydrogen) atoms. The SMILES string of the molecule is CCC(CCO)CNC1CCN(Cc2ccc(C#N)cc2)CC1. The van der Waals surface area contributed by atoms with Crippen LogP contribution in [0.3, 0.4) is 0 Å². The highest BCUT2D eigenvalue weighted by Gasteiger charge is 2.19. The van der Waals surface area contributed by atoms with Gasteiger partial charge in [-0.05, 0) is 62.5 Å². The Morgan fingerprint density at radius 2 is 2.00 bits per heavy atom. The van der Waals surface area contributed by atoms with E-state index in [1.807, 2.05) is 12.1 Å². The van der Waals surface area contributed by atoms with Crippen LogP contribution in [0.4, 0.5) is 0 Å². The number of nitrogens with zero attached hydrogens (tertiary/aromatic N) is 2. The number of benzene rings is 1. The standard InChI is InChI=1S/C19H29N3O/c1-2-16(9-12-23)14-21-19-7-10-22(11-8-19)15-18-5-3-17(13-20)4-6-18/h3-6,16,19,21,23H,2,7-12,14-15H2,1H3. The van der Waals surface area contributed by atoms with Crippen molar-refractivity contribution in [1.29, 1.82) is 5.26 Å². The number of aliphatic hydroxyl groups excluding tert-OH is 1. The van der Waals surface area contributed by atoms with Crippen molar-refractivity contribution in [3.8, 4) is 6.07 Å². The van der Waals surface area contributed by atoms with Crippen LogP contribution in [0.5, 0.6) is 0 Å². The monoisotopic (exact) mass is 315 g/mol. The highest BCUT2D eigenvalue weighted by molar-refractivity contribution is 5.31. The number of rotatable bonds is 8. The minimum atomic E-state index is 0.295. The summed E-state index contributed by atoms with van der Waals surface area (Å²) in [5.74, 6) is 0.594. The van der Waals surface area contributed by atoms with Gasteiger partial charge in [-0.1, -0.05) is 25.5 Å². The molecular formula is C19H29N3O. The number of nitriles is 1. The first-order valence-corrected chi connectivity index (χ1v) is 8.80. The van der Waals surface area contributed by atoms with Crippen LogP contribution < -0.4 is 5.32 Å². The van der Waals surface area contributed by atoms with Crippen LogP contribution in [0.15, 0.2) is 24.3 Å². The third-order valence-electron chi connectivity index (χ3n) is 4.89. The van der Waals surface area contributed by atoms with Gasteiger partial charge in [-0.25, -0.2) is 0 Å². The molecule has 1 heterocycles. The van der Waals surface area contributed by atoms with Crippen molar-refractivity contribution in [2.24, 2.45) is 5.92 Å². The molecule has 1 aromatic rings. The van der Waals surface area contributed by atoms with Gasteiger partial charge < -0.3 is 10.4 Å². The van der Waals surface area contributed by atoms with E-state index in [1.165, 1.54) is 18.4 Å². The van der Waals surface area contributed by atoms with E-state index < -0.39 is 0 Å². The number of hydrogen-bond acceptors (Lipinski definition) is 4. The second-order valence-electron chi connectivity index (χ2n) is 6.55. The zero-order chi connectivity index (χ0) is 16.5.